The number of nitrogens with zero attached hydrogens (tertiary/aromatic N) is 2. The zero-order valence-corrected chi connectivity index (χ0v) is 19.7. The van der Waals surface area contributed by atoms with E-state index in [4.69, 9.17) is 9.84 Å². The summed E-state index contributed by atoms with van der Waals surface area (Å²) in [6, 6.07) is 18.6. The van der Waals surface area contributed by atoms with Crippen molar-refractivity contribution in [3.8, 4) is 17.2 Å². The molecule has 184 valence electrons. The van der Waals surface area contributed by atoms with Crippen LogP contribution in [-0.4, -0.2) is 42.4 Å². The molecule has 3 aromatic carbocycles. The van der Waals surface area contributed by atoms with Crippen molar-refractivity contribution < 1.29 is 33.3 Å². The van der Waals surface area contributed by atoms with E-state index in [1.54, 1.807) is 54.6 Å². The van der Waals surface area contributed by atoms with Crippen LogP contribution in [0.4, 0.5) is 11.4 Å². The fraction of sp³-hybridized carbons (Fsp3) is 0.0800. The number of aromatic hydroxyl groups is 1. The number of carbonyl (C=O) groups is 2. The topological polar surface area (TPSA) is 149 Å². The van der Waals surface area contributed by atoms with Gasteiger partial charge in [0, 0.05) is 17.0 Å². The maximum absolute atomic E-state index is 12.1. The molecular formula is C25H21N3O7S. The predicted octanol–water partition coefficient (Wildman–Crippen LogP) is 4.13. The Hall–Kier alpha value is -4.48. The van der Waals surface area contributed by atoms with E-state index in [-0.39, 0.29) is 11.4 Å². The number of benzene rings is 3. The number of anilines is 2. The molecule has 0 spiro atoms. The maximum Gasteiger partial charge on any atom is 0.322 e. The van der Waals surface area contributed by atoms with Gasteiger partial charge in [0.1, 0.15) is 18.0 Å². The highest BCUT2D eigenvalue weighted by Crippen LogP contribution is 2.33. The van der Waals surface area contributed by atoms with Crippen LogP contribution in [0.15, 0.2) is 72.9 Å². The fourth-order valence-electron chi connectivity index (χ4n) is 3.45. The molecule has 0 aliphatic rings. The second kappa shape index (κ2) is 10.4. The van der Waals surface area contributed by atoms with Crippen LogP contribution in [0.25, 0.3) is 10.8 Å². The normalized spacial score (nSPS) is 11.6. The van der Waals surface area contributed by atoms with E-state index in [1.165, 1.54) is 10.5 Å². The number of pyridine rings is 1. The molecule has 4 rings (SSSR count). The largest absolute Gasteiger partial charge is 0.505 e. The average Bonchev–Trinajstić information content (AvgIpc) is 2.85. The molecular weight excluding hydrogens is 486 g/mol. The van der Waals surface area contributed by atoms with Gasteiger partial charge in [-0.3, -0.25) is 14.1 Å². The van der Waals surface area contributed by atoms with Gasteiger partial charge in [-0.15, -0.1) is 0 Å². The number of carboxylic acids is 1. The first-order valence-corrected chi connectivity index (χ1v) is 11.7. The summed E-state index contributed by atoms with van der Waals surface area (Å²) in [6.45, 7) is 1.33. The number of hydrogen-bond donors (Lipinski definition) is 4. The molecule has 0 bridgehead atoms. The molecule has 0 saturated carbocycles. The third-order valence-corrected chi connectivity index (χ3v) is 5.92. The summed E-state index contributed by atoms with van der Waals surface area (Å²) in [5, 5.41) is 22.1. The van der Waals surface area contributed by atoms with Gasteiger partial charge in [-0.05, 0) is 61.5 Å². The molecule has 0 saturated heterocycles. The van der Waals surface area contributed by atoms with E-state index >= 15 is 0 Å². The third kappa shape index (κ3) is 5.43. The van der Waals surface area contributed by atoms with Crippen LogP contribution < -0.4 is 14.4 Å². The van der Waals surface area contributed by atoms with Crippen molar-refractivity contribution in [1.82, 2.24) is 10.3 Å². The van der Waals surface area contributed by atoms with Crippen LogP contribution in [-0.2, 0) is 16.1 Å². The number of aryl methyl sites for hydroxylation is 1. The zero-order valence-electron chi connectivity index (χ0n) is 18.9. The number of rotatable bonds is 8. The van der Waals surface area contributed by atoms with Crippen LogP contribution in [0, 0.1) is 6.92 Å². The Bertz CT molecular complexity index is 1460. The van der Waals surface area contributed by atoms with Crippen molar-refractivity contribution in [1.29, 1.82) is 0 Å². The Morgan fingerprint density at radius 3 is 2.22 bits per heavy atom. The van der Waals surface area contributed by atoms with Crippen molar-refractivity contribution in [2.24, 2.45) is 0 Å². The van der Waals surface area contributed by atoms with Crippen LogP contribution in [0.2, 0.25) is 0 Å². The third-order valence-electron chi connectivity index (χ3n) is 5.18. The number of carboxylic acid groups (broad SMARTS) is 1. The molecule has 0 radical (unpaired) electrons. The van der Waals surface area contributed by atoms with E-state index in [2.05, 4.69) is 10.3 Å². The number of aliphatic carboxylic acids is 1. The number of ether oxygens (including phenoxy) is 1. The summed E-state index contributed by atoms with van der Waals surface area (Å²) in [7, 11) is 0. The van der Waals surface area contributed by atoms with Gasteiger partial charge < -0.3 is 20.3 Å². The molecule has 4 N–H and O–H groups in total. The second-order valence-electron chi connectivity index (χ2n) is 7.74. The number of nitrogens with one attached hydrogen (secondary N) is 1. The molecule has 11 heteroatoms. The van der Waals surface area contributed by atoms with Crippen LogP contribution in [0.3, 0.4) is 0 Å². The Balaban J connectivity index is 1.53. The van der Waals surface area contributed by atoms with Crippen molar-refractivity contribution in [2.75, 3.05) is 10.8 Å². The van der Waals surface area contributed by atoms with Gasteiger partial charge in [-0.25, -0.2) is 13.5 Å². The minimum Gasteiger partial charge on any atom is -0.505 e. The van der Waals surface area contributed by atoms with Crippen molar-refractivity contribution in [3.63, 3.8) is 0 Å². The highest BCUT2D eigenvalue weighted by Gasteiger charge is 2.18. The Labute approximate surface area is 208 Å². The quantitative estimate of drug-likeness (QED) is 0.260. The number of carbonyl (C=O) groups excluding carboxylic acids is 1. The first-order chi connectivity index (χ1) is 17.2. The molecule has 0 aliphatic heterocycles. The molecule has 10 nitrogen and oxygen atoms in total. The summed E-state index contributed by atoms with van der Waals surface area (Å²) in [5.41, 5.74) is 1.80. The summed E-state index contributed by atoms with van der Waals surface area (Å²) >= 11 is -2.28. The molecule has 4 aromatic rings. The van der Waals surface area contributed by atoms with Gasteiger partial charge in [-0.1, -0.05) is 17.7 Å². The van der Waals surface area contributed by atoms with Gasteiger partial charge in [-0.2, -0.15) is 0 Å². The van der Waals surface area contributed by atoms with Crippen LogP contribution >= 0.6 is 0 Å². The standard InChI is InChI=1S/C25H21N3O7S/c1-15-2-4-17(5-3-15)28(36(33)34)18-6-8-19(9-7-18)35-20-10-11-21-16(12-20)13-26-23(24(21)31)25(32)27-14-22(29)30/h2-13,31H,14H2,1H3,(H,27,32)(H,29,30)(H,33,34). The molecule has 0 fully saturated rings. The first-order valence-electron chi connectivity index (χ1n) is 10.6. The number of amides is 1. The molecule has 1 aromatic heterocycles. The van der Waals surface area contributed by atoms with Crippen LogP contribution in [0.1, 0.15) is 16.1 Å². The number of hydrogen-bond acceptors (Lipinski definition) is 6. The van der Waals surface area contributed by atoms with Gasteiger partial charge in [0.05, 0.1) is 11.4 Å². The van der Waals surface area contributed by atoms with Crippen LogP contribution in [0.5, 0.6) is 17.2 Å². The Morgan fingerprint density at radius 1 is 1.00 bits per heavy atom. The highest BCUT2D eigenvalue weighted by molar-refractivity contribution is 7.81. The minimum absolute atomic E-state index is 0.285. The van der Waals surface area contributed by atoms with Gasteiger partial charge in [0.25, 0.3) is 17.2 Å². The maximum atomic E-state index is 12.1. The van der Waals surface area contributed by atoms with Crippen molar-refractivity contribution in [3.05, 3.63) is 84.2 Å². The van der Waals surface area contributed by atoms with Gasteiger partial charge in [0.2, 0.25) is 0 Å². The number of aromatic nitrogens is 1. The van der Waals surface area contributed by atoms with E-state index in [0.717, 1.165) is 5.56 Å². The Morgan fingerprint density at radius 2 is 1.61 bits per heavy atom. The molecule has 0 aliphatic carbocycles. The van der Waals surface area contributed by atoms with Gasteiger partial charge >= 0.3 is 5.97 Å². The molecule has 36 heavy (non-hydrogen) atoms. The smallest absolute Gasteiger partial charge is 0.322 e. The zero-order chi connectivity index (χ0) is 25.8. The summed E-state index contributed by atoms with van der Waals surface area (Å²) in [5.74, 6) is -1.50. The minimum atomic E-state index is -2.28. The first kappa shape index (κ1) is 24.6. The lowest BCUT2D eigenvalue weighted by atomic mass is 10.1. The number of fused-ring (bicyclic) bond motifs is 1. The lowest BCUT2D eigenvalue weighted by Crippen LogP contribution is -2.29. The summed E-state index contributed by atoms with van der Waals surface area (Å²) < 4.78 is 28.9. The SMILES string of the molecule is Cc1ccc(N(c2ccc(Oc3ccc4c(O)c(C(=O)NCC(=O)O)ncc4c3)cc2)S(=O)O)cc1. The van der Waals surface area contributed by atoms with Crippen molar-refractivity contribution in [2.45, 2.75) is 6.92 Å². The van der Waals surface area contributed by atoms with E-state index < -0.39 is 29.7 Å². The fourth-order valence-corrected chi connectivity index (χ4v) is 4.05. The monoisotopic (exact) mass is 507 g/mol. The Kier molecular flexibility index (Phi) is 7.13. The lowest BCUT2D eigenvalue weighted by molar-refractivity contribution is -0.135. The summed E-state index contributed by atoms with van der Waals surface area (Å²) in [4.78, 5) is 26.7. The van der Waals surface area contributed by atoms with Crippen molar-refractivity contribution >= 4 is 45.3 Å². The average molecular weight is 508 g/mol. The van der Waals surface area contributed by atoms with E-state index in [0.29, 0.717) is 33.6 Å². The van der Waals surface area contributed by atoms with Gasteiger partial charge in [0.15, 0.2) is 11.4 Å². The lowest BCUT2D eigenvalue weighted by Gasteiger charge is -2.20. The molecule has 1 unspecified atom stereocenters. The molecule has 1 atom stereocenters. The summed E-state index contributed by atoms with van der Waals surface area (Å²) in [6.07, 6.45) is 1.37. The van der Waals surface area contributed by atoms with E-state index in [9.17, 15) is 23.5 Å². The molecule has 1 amide bonds. The molecule has 1 heterocycles. The van der Waals surface area contributed by atoms with E-state index in [1.807, 2.05) is 19.1 Å². The highest BCUT2D eigenvalue weighted by atomic mass is 32.2. The second-order valence-corrected chi connectivity index (χ2v) is 8.56. The predicted molar refractivity (Wildman–Crippen MR) is 134 cm³/mol.